The van der Waals surface area contributed by atoms with E-state index in [1.165, 1.54) is 11.1 Å². The molecule has 5 heteroatoms. The van der Waals surface area contributed by atoms with Gasteiger partial charge in [-0.25, -0.2) is 0 Å². The summed E-state index contributed by atoms with van der Waals surface area (Å²) in [5.74, 6) is 1.87. The second kappa shape index (κ2) is 9.68. The average molecular weight is 444 g/mol. The molecular weight excluding hydrogens is 418 g/mol. The van der Waals surface area contributed by atoms with Crippen molar-refractivity contribution in [2.45, 2.75) is 25.3 Å². The van der Waals surface area contributed by atoms with Crippen molar-refractivity contribution >= 4 is 11.6 Å². The van der Waals surface area contributed by atoms with Crippen molar-refractivity contribution in [2.75, 3.05) is 13.1 Å². The Labute approximate surface area is 193 Å². The Kier molecular flexibility index (Phi) is 6.33. The third kappa shape index (κ3) is 4.77. The van der Waals surface area contributed by atoms with Crippen molar-refractivity contribution in [3.63, 3.8) is 0 Å². The van der Waals surface area contributed by atoms with Crippen LogP contribution in [0.4, 0.5) is 0 Å². The maximum Gasteiger partial charge on any atom is 0.247 e. The standard InChI is InChI=1S/C27H26ClN3O/c28-24-13-11-23(12-14-24)26-29-30-27(32-26)25(22-9-5-2-6-10-22)31-17-15-21(16-18-31)19-20-7-3-1-4-8-20/h1-14,21,25H,15-19H2/t25-/m0/s1. The molecule has 0 unspecified atom stereocenters. The molecule has 0 bridgehead atoms. The minimum Gasteiger partial charge on any atom is -0.419 e. The van der Waals surface area contributed by atoms with Gasteiger partial charge in [-0.2, -0.15) is 0 Å². The number of hydrogen-bond acceptors (Lipinski definition) is 4. The smallest absolute Gasteiger partial charge is 0.247 e. The van der Waals surface area contributed by atoms with Crippen LogP contribution in [0.5, 0.6) is 0 Å². The summed E-state index contributed by atoms with van der Waals surface area (Å²) >= 11 is 6.03. The molecule has 5 rings (SSSR count). The van der Waals surface area contributed by atoms with E-state index in [1.54, 1.807) is 0 Å². The van der Waals surface area contributed by atoms with Crippen LogP contribution in [-0.4, -0.2) is 28.2 Å². The van der Waals surface area contributed by atoms with E-state index in [0.717, 1.165) is 37.9 Å². The van der Waals surface area contributed by atoms with Crippen LogP contribution in [-0.2, 0) is 6.42 Å². The van der Waals surface area contributed by atoms with Gasteiger partial charge in [0.25, 0.3) is 0 Å². The highest BCUT2D eigenvalue weighted by Crippen LogP contribution is 2.34. The SMILES string of the molecule is Clc1ccc(-c2nnc([C@H](c3ccccc3)N3CCC(Cc4ccccc4)CC3)o2)cc1. The molecule has 32 heavy (non-hydrogen) atoms. The monoisotopic (exact) mass is 443 g/mol. The van der Waals surface area contributed by atoms with Crippen LogP contribution in [0.2, 0.25) is 5.02 Å². The van der Waals surface area contributed by atoms with Crippen molar-refractivity contribution in [3.8, 4) is 11.5 Å². The van der Waals surface area contributed by atoms with E-state index >= 15 is 0 Å². The summed E-state index contributed by atoms with van der Waals surface area (Å²) in [6, 6.07) is 28.7. The molecule has 0 amide bonds. The van der Waals surface area contributed by atoms with E-state index in [4.69, 9.17) is 16.0 Å². The summed E-state index contributed by atoms with van der Waals surface area (Å²) in [5.41, 5.74) is 3.48. The van der Waals surface area contributed by atoms with Gasteiger partial charge in [0.15, 0.2) is 0 Å². The lowest BCUT2D eigenvalue weighted by Crippen LogP contribution is -2.38. The van der Waals surface area contributed by atoms with E-state index in [1.807, 2.05) is 30.3 Å². The first kappa shape index (κ1) is 20.9. The highest BCUT2D eigenvalue weighted by molar-refractivity contribution is 6.30. The van der Waals surface area contributed by atoms with Crippen molar-refractivity contribution in [3.05, 3.63) is 107 Å². The summed E-state index contributed by atoms with van der Waals surface area (Å²) < 4.78 is 6.19. The Balaban J connectivity index is 1.35. The Morgan fingerprint density at radius 2 is 1.50 bits per heavy atom. The molecule has 4 aromatic rings. The zero-order valence-corrected chi connectivity index (χ0v) is 18.7. The lowest BCUT2D eigenvalue weighted by molar-refractivity contribution is 0.135. The van der Waals surface area contributed by atoms with Gasteiger partial charge in [-0.15, -0.1) is 10.2 Å². The zero-order valence-electron chi connectivity index (χ0n) is 17.9. The Morgan fingerprint density at radius 3 is 2.19 bits per heavy atom. The number of benzene rings is 3. The minimum absolute atomic E-state index is 0.0394. The fourth-order valence-electron chi connectivity index (χ4n) is 4.56. The molecule has 0 radical (unpaired) electrons. The van der Waals surface area contributed by atoms with E-state index in [-0.39, 0.29) is 6.04 Å². The van der Waals surface area contributed by atoms with Crippen LogP contribution < -0.4 is 0 Å². The first-order valence-corrected chi connectivity index (χ1v) is 11.6. The molecule has 0 aliphatic carbocycles. The number of hydrogen-bond donors (Lipinski definition) is 0. The van der Waals surface area contributed by atoms with E-state index in [2.05, 4.69) is 69.7 Å². The number of nitrogens with zero attached hydrogens (tertiary/aromatic N) is 3. The summed E-state index contributed by atoms with van der Waals surface area (Å²) in [6.45, 7) is 2.02. The lowest BCUT2D eigenvalue weighted by atomic mass is 9.89. The quantitative estimate of drug-likeness (QED) is 0.344. The first-order valence-electron chi connectivity index (χ1n) is 11.2. The molecule has 0 N–H and O–H groups in total. The molecule has 2 heterocycles. The molecule has 1 aromatic heterocycles. The molecule has 1 atom stereocenters. The third-order valence-corrected chi connectivity index (χ3v) is 6.51. The van der Waals surface area contributed by atoms with Crippen LogP contribution in [0.15, 0.2) is 89.3 Å². The summed E-state index contributed by atoms with van der Waals surface area (Å²) in [6.07, 6.45) is 3.47. The summed E-state index contributed by atoms with van der Waals surface area (Å²) in [4.78, 5) is 2.48. The largest absolute Gasteiger partial charge is 0.419 e. The average Bonchev–Trinajstić information content (AvgIpc) is 3.32. The topological polar surface area (TPSA) is 42.2 Å². The van der Waals surface area contributed by atoms with Gasteiger partial charge < -0.3 is 4.42 Å². The van der Waals surface area contributed by atoms with Crippen LogP contribution in [0.3, 0.4) is 0 Å². The molecule has 3 aromatic carbocycles. The van der Waals surface area contributed by atoms with Crippen LogP contribution in [0.1, 0.15) is 35.9 Å². The molecule has 4 nitrogen and oxygen atoms in total. The number of aromatic nitrogens is 2. The van der Waals surface area contributed by atoms with Crippen molar-refractivity contribution < 1.29 is 4.42 Å². The maximum absolute atomic E-state index is 6.19. The van der Waals surface area contributed by atoms with Gasteiger partial charge in [0, 0.05) is 10.6 Å². The predicted octanol–water partition coefficient (Wildman–Crippen LogP) is 6.43. The molecule has 1 saturated heterocycles. The van der Waals surface area contributed by atoms with Gasteiger partial charge in [-0.3, -0.25) is 4.90 Å². The van der Waals surface area contributed by atoms with Gasteiger partial charge in [-0.05, 0) is 73.7 Å². The lowest BCUT2D eigenvalue weighted by Gasteiger charge is -2.36. The number of likely N-dealkylation sites (tertiary alicyclic amines) is 1. The maximum atomic E-state index is 6.19. The van der Waals surface area contributed by atoms with E-state index in [0.29, 0.717) is 22.7 Å². The third-order valence-electron chi connectivity index (χ3n) is 6.26. The zero-order chi connectivity index (χ0) is 21.8. The van der Waals surface area contributed by atoms with E-state index < -0.39 is 0 Å². The molecule has 1 aliphatic rings. The Hall–Kier alpha value is -2.95. The number of rotatable bonds is 6. The molecule has 0 saturated carbocycles. The number of piperidine rings is 1. The highest BCUT2D eigenvalue weighted by atomic mass is 35.5. The molecule has 162 valence electrons. The molecule has 1 fully saturated rings. The normalized spacial score (nSPS) is 16.2. The van der Waals surface area contributed by atoms with Gasteiger partial charge in [0.05, 0.1) is 0 Å². The van der Waals surface area contributed by atoms with Crippen molar-refractivity contribution in [2.24, 2.45) is 5.92 Å². The van der Waals surface area contributed by atoms with Gasteiger partial charge >= 0.3 is 0 Å². The second-order valence-corrected chi connectivity index (χ2v) is 8.87. The second-order valence-electron chi connectivity index (χ2n) is 8.43. The van der Waals surface area contributed by atoms with Crippen LogP contribution >= 0.6 is 11.6 Å². The minimum atomic E-state index is -0.0394. The fourth-order valence-corrected chi connectivity index (χ4v) is 4.69. The van der Waals surface area contributed by atoms with Gasteiger partial charge in [0.2, 0.25) is 11.8 Å². The highest BCUT2D eigenvalue weighted by Gasteiger charge is 2.31. The Morgan fingerprint density at radius 1 is 0.844 bits per heavy atom. The predicted molar refractivity (Wildman–Crippen MR) is 127 cm³/mol. The summed E-state index contributed by atoms with van der Waals surface area (Å²) in [5, 5.41) is 9.49. The molecule has 1 aliphatic heterocycles. The van der Waals surface area contributed by atoms with Crippen molar-refractivity contribution in [1.29, 1.82) is 0 Å². The molecular formula is C27H26ClN3O. The van der Waals surface area contributed by atoms with Gasteiger partial charge in [0.1, 0.15) is 6.04 Å². The summed E-state index contributed by atoms with van der Waals surface area (Å²) in [7, 11) is 0. The van der Waals surface area contributed by atoms with E-state index in [9.17, 15) is 0 Å². The van der Waals surface area contributed by atoms with Crippen LogP contribution in [0.25, 0.3) is 11.5 Å². The van der Waals surface area contributed by atoms with Gasteiger partial charge in [-0.1, -0.05) is 72.3 Å². The fraction of sp³-hybridized carbons (Fsp3) is 0.259. The first-order chi connectivity index (χ1) is 15.8. The number of halogens is 1. The van der Waals surface area contributed by atoms with Crippen molar-refractivity contribution in [1.82, 2.24) is 15.1 Å². The Bertz CT molecular complexity index is 1120. The van der Waals surface area contributed by atoms with Crippen LogP contribution in [0, 0.1) is 5.92 Å². The molecule has 0 spiro atoms.